The number of hydrogen-bond acceptors (Lipinski definition) is 4. The predicted molar refractivity (Wildman–Crippen MR) is 142 cm³/mol. The zero-order chi connectivity index (χ0) is 27.4. The summed E-state index contributed by atoms with van der Waals surface area (Å²) in [4.78, 5) is 34.6. The van der Waals surface area contributed by atoms with Crippen molar-refractivity contribution < 1.29 is 34.2 Å². The highest BCUT2D eigenvalue weighted by atomic mass is 16.4. The Hall–Kier alpha value is -1.89. The van der Waals surface area contributed by atoms with Crippen molar-refractivity contribution >= 4 is 17.9 Å². The Kier molecular flexibility index (Phi) is 19.1. The number of aliphatic carboxylic acids is 3. The molecule has 0 saturated heterocycles. The lowest BCUT2D eigenvalue weighted by atomic mass is 10.0. The molecule has 36 heavy (non-hydrogen) atoms. The Balaban J connectivity index is 4.68. The number of hydrogen-bond donors (Lipinski definition) is 2. The van der Waals surface area contributed by atoms with Gasteiger partial charge in [-0.25, -0.2) is 0 Å². The van der Waals surface area contributed by atoms with Gasteiger partial charge in [-0.3, -0.25) is 9.59 Å². The van der Waals surface area contributed by atoms with E-state index in [1.54, 1.807) is 13.8 Å². The maximum atomic E-state index is 11.6. The molecule has 0 aromatic carbocycles. The van der Waals surface area contributed by atoms with Crippen LogP contribution in [0.3, 0.4) is 0 Å². The van der Waals surface area contributed by atoms with Gasteiger partial charge in [-0.15, -0.1) is 0 Å². The summed E-state index contributed by atoms with van der Waals surface area (Å²) in [5.41, 5.74) is 0. The topological polar surface area (TPSA) is 115 Å². The number of carboxylic acid groups (broad SMARTS) is 3. The molecule has 210 valence electrons. The molecule has 0 saturated carbocycles. The summed E-state index contributed by atoms with van der Waals surface area (Å²) < 4.78 is 0.102. The molecular weight excluding hydrogens is 458 g/mol. The van der Waals surface area contributed by atoms with E-state index in [4.69, 9.17) is 0 Å². The van der Waals surface area contributed by atoms with Crippen LogP contribution in [0, 0.1) is 17.8 Å². The molecule has 0 aromatic heterocycles. The predicted octanol–water partition coefficient (Wildman–Crippen LogP) is 5.28. The number of rotatable bonds is 24. The van der Waals surface area contributed by atoms with Gasteiger partial charge in [-0.1, -0.05) is 90.6 Å². The molecule has 0 bridgehead atoms. The van der Waals surface area contributed by atoms with Crippen LogP contribution in [0.2, 0.25) is 0 Å². The highest BCUT2D eigenvalue weighted by Gasteiger charge is 2.36. The van der Waals surface area contributed by atoms with E-state index in [1.165, 1.54) is 77.6 Å². The van der Waals surface area contributed by atoms with Gasteiger partial charge in [0.05, 0.1) is 26.2 Å². The summed E-state index contributed by atoms with van der Waals surface area (Å²) >= 11 is 0. The molecule has 3 unspecified atom stereocenters. The maximum absolute atomic E-state index is 11.6. The summed E-state index contributed by atoms with van der Waals surface area (Å²) in [6.45, 7) is 7.85. The van der Waals surface area contributed by atoms with E-state index in [1.807, 2.05) is 6.08 Å². The molecule has 2 N–H and O–H groups in total. The Labute approximate surface area is 219 Å². The Morgan fingerprint density at radius 1 is 0.667 bits per heavy atom. The van der Waals surface area contributed by atoms with Gasteiger partial charge in [0.2, 0.25) is 0 Å². The third-order valence-corrected chi connectivity index (χ3v) is 7.11. The number of quaternary nitrogens is 1. The van der Waals surface area contributed by atoms with Crippen molar-refractivity contribution in [2.45, 2.75) is 111 Å². The van der Waals surface area contributed by atoms with E-state index in [2.05, 4.69) is 13.0 Å². The van der Waals surface area contributed by atoms with Gasteiger partial charge in [-0.05, 0) is 32.8 Å². The van der Waals surface area contributed by atoms with E-state index in [0.717, 1.165) is 12.8 Å². The summed E-state index contributed by atoms with van der Waals surface area (Å²) in [6.07, 6.45) is 20.5. The molecule has 0 heterocycles. The molecule has 0 aromatic rings. The summed E-state index contributed by atoms with van der Waals surface area (Å²) in [5.74, 6) is -5.39. The fourth-order valence-corrected chi connectivity index (χ4v) is 4.94. The van der Waals surface area contributed by atoms with Gasteiger partial charge in [0.15, 0.2) is 0 Å². The minimum absolute atomic E-state index is 0.102. The lowest BCUT2D eigenvalue weighted by Gasteiger charge is -2.42. The monoisotopic (exact) mass is 511 g/mol. The van der Waals surface area contributed by atoms with Crippen LogP contribution in [0.1, 0.15) is 111 Å². The van der Waals surface area contributed by atoms with E-state index >= 15 is 0 Å². The molecule has 0 aliphatic carbocycles. The molecule has 0 rings (SSSR count). The number of allylic oxidation sites excluding steroid dienone is 1. The van der Waals surface area contributed by atoms with Gasteiger partial charge in [-0.2, -0.15) is 0 Å². The van der Waals surface area contributed by atoms with Crippen molar-refractivity contribution in [3.63, 3.8) is 0 Å². The normalized spacial score (nSPS) is 15.9. The van der Waals surface area contributed by atoms with Crippen molar-refractivity contribution in [3.8, 4) is 0 Å². The molecule has 0 amide bonds. The van der Waals surface area contributed by atoms with E-state index < -0.39 is 35.7 Å². The first-order valence-electron chi connectivity index (χ1n) is 14.2. The first kappa shape index (κ1) is 34.1. The molecular formula is C29H53NO6. The lowest BCUT2D eigenvalue weighted by molar-refractivity contribution is -0.929. The Morgan fingerprint density at radius 2 is 1.06 bits per heavy atom. The van der Waals surface area contributed by atoms with E-state index in [9.17, 15) is 29.7 Å². The molecule has 3 atom stereocenters. The average molecular weight is 512 g/mol. The second kappa shape index (κ2) is 20.2. The summed E-state index contributed by atoms with van der Waals surface area (Å²) in [5, 5.41) is 30.4. The zero-order valence-corrected chi connectivity index (χ0v) is 23.4. The molecule has 0 radical (unpaired) electrons. The van der Waals surface area contributed by atoms with Crippen LogP contribution in [-0.2, 0) is 14.4 Å². The third-order valence-electron chi connectivity index (χ3n) is 7.11. The smallest absolute Gasteiger partial charge is 0.311 e. The average Bonchev–Trinajstić information content (AvgIpc) is 2.81. The fourth-order valence-electron chi connectivity index (χ4n) is 4.94. The summed E-state index contributed by atoms with van der Waals surface area (Å²) in [6, 6.07) is 0. The van der Waals surface area contributed by atoms with Crippen molar-refractivity contribution in [2.75, 3.05) is 26.2 Å². The Morgan fingerprint density at radius 3 is 1.44 bits per heavy atom. The first-order valence-corrected chi connectivity index (χ1v) is 14.2. The van der Waals surface area contributed by atoms with Gasteiger partial charge < -0.3 is 24.6 Å². The number of carbonyl (C=O) groups is 3. The molecule has 7 heteroatoms. The number of unbranched alkanes of at least 4 members (excludes halogenated alkanes) is 12. The molecule has 0 aliphatic rings. The van der Waals surface area contributed by atoms with E-state index in [-0.39, 0.29) is 24.1 Å². The Bertz CT molecular complexity index is 593. The number of carbonyl (C=O) groups excluding carboxylic acids is 1. The minimum Gasteiger partial charge on any atom is -0.550 e. The van der Waals surface area contributed by atoms with Gasteiger partial charge in [0, 0.05) is 11.9 Å². The van der Waals surface area contributed by atoms with Crippen molar-refractivity contribution in [2.24, 2.45) is 17.8 Å². The SMILES string of the molecule is CCCCCCCCCCCCCC/C=C/C[N+](CC(C)C(=O)[O-])(CC(C)C(=O)O)CC(C)C(=O)O. The molecule has 0 fully saturated rings. The van der Waals surface area contributed by atoms with Crippen molar-refractivity contribution in [1.82, 2.24) is 0 Å². The second-order valence-electron chi connectivity index (χ2n) is 10.9. The molecule has 7 nitrogen and oxygen atoms in total. The fraction of sp³-hybridized carbons (Fsp3) is 0.828. The molecule has 0 spiro atoms. The van der Waals surface area contributed by atoms with Crippen LogP contribution < -0.4 is 5.11 Å². The highest BCUT2D eigenvalue weighted by molar-refractivity contribution is 5.70. The maximum Gasteiger partial charge on any atom is 0.311 e. The lowest BCUT2D eigenvalue weighted by Crippen LogP contribution is -2.58. The standard InChI is InChI=1S/C29H53NO6/c1-5-6-7-8-9-10-11-12-13-14-15-16-17-18-19-20-30(21-24(2)27(31)32,22-25(3)28(33)34)23-26(4)29(35)36/h18-19,24-26H,5-17,20-23H2,1-4H3,(H2-,31,32,33,34,35,36)/b19-18+. The van der Waals surface area contributed by atoms with Gasteiger partial charge >= 0.3 is 11.9 Å². The van der Waals surface area contributed by atoms with Crippen molar-refractivity contribution in [1.29, 1.82) is 0 Å². The first-order chi connectivity index (χ1) is 17.0. The third kappa shape index (κ3) is 16.7. The van der Waals surface area contributed by atoms with Crippen LogP contribution in [-0.4, -0.2) is 58.8 Å². The summed E-state index contributed by atoms with van der Waals surface area (Å²) in [7, 11) is 0. The minimum atomic E-state index is -1.20. The van der Waals surface area contributed by atoms with Gasteiger partial charge in [0.25, 0.3) is 0 Å². The number of carboxylic acids is 3. The quantitative estimate of drug-likeness (QED) is 0.104. The van der Waals surface area contributed by atoms with Gasteiger partial charge in [0.1, 0.15) is 11.8 Å². The number of nitrogens with zero attached hydrogens (tertiary/aromatic N) is 1. The highest BCUT2D eigenvalue weighted by Crippen LogP contribution is 2.20. The molecule has 0 aliphatic heterocycles. The van der Waals surface area contributed by atoms with Crippen LogP contribution in [0.5, 0.6) is 0 Å². The second-order valence-corrected chi connectivity index (χ2v) is 10.9. The van der Waals surface area contributed by atoms with Crippen LogP contribution >= 0.6 is 0 Å². The van der Waals surface area contributed by atoms with Crippen LogP contribution in [0.25, 0.3) is 0 Å². The van der Waals surface area contributed by atoms with E-state index in [0.29, 0.717) is 6.54 Å². The largest absolute Gasteiger partial charge is 0.550 e. The van der Waals surface area contributed by atoms with Crippen LogP contribution in [0.15, 0.2) is 12.2 Å². The van der Waals surface area contributed by atoms with Crippen molar-refractivity contribution in [3.05, 3.63) is 12.2 Å². The zero-order valence-electron chi connectivity index (χ0n) is 23.4. The van der Waals surface area contributed by atoms with Crippen LogP contribution in [0.4, 0.5) is 0 Å².